The highest BCUT2D eigenvalue weighted by Gasteiger charge is 2.20. The van der Waals surface area contributed by atoms with Crippen LogP contribution in [0.3, 0.4) is 0 Å². The maximum absolute atomic E-state index is 11.6. The summed E-state index contributed by atoms with van der Waals surface area (Å²) in [6, 6.07) is 0. The van der Waals surface area contributed by atoms with Gasteiger partial charge in [-0.2, -0.15) is 0 Å². The minimum absolute atomic E-state index is 0.215. The van der Waals surface area contributed by atoms with Gasteiger partial charge in [0, 0.05) is 6.54 Å². The van der Waals surface area contributed by atoms with Gasteiger partial charge in [-0.3, -0.25) is 4.79 Å². The molecule has 1 atom stereocenters. The largest absolute Gasteiger partial charge is 0.388 e. The van der Waals surface area contributed by atoms with Crippen LogP contribution < -0.4 is 5.32 Å². The molecule has 2 N–H and O–H groups in total. The molecule has 0 aliphatic carbocycles. The molecular formula is C10H16N2O3. The van der Waals surface area contributed by atoms with E-state index >= 15 is 0 Å². The molecule has 0 aliphatic rings. The number of aliphatic hydroxyl groups is 1. The minimum atomic E-state index is -0.874. The molecule has 1 amide bonds. The number of aromatic nitrogens is 1. The lowest BCUT2D eigenvalue weighted by molar-refractivity contribution is 0.0518. The quantitative estimate of drug-likeness (QED) is 0.776. The number of aryl methyl sites for hydroxylation is 1. The van der Waals surface area contributed by atoms with Crippen molar-refractivity contribution in [1.29, 1.82) is 0 Å². The first-order valence-corrected chi connectivity index (χ1v) is 4.88. The average Bonchev–Trinajstić information content (AvgIpc) is 2.61. The topological polar surface area (TPSA) is 75.4 Å². The molecule has 5 heteroatoms. The Bertz CT molecular complexity index is 344. The molecule has 0 aromatic carbocycles. The highest BCUT2D eigenvalue weighted by Crippen LogP contribution is 2.08. The lowest BCUT2D eigenvalue weighted by Crippen LogP contribution is -2.40. The lowest BCUT2D eigenvalue weighted by Gasteiger charge is -2.21. The van der Waals surface area contributed by atoms with E-state index in [0.717, 1.165) is 0 Å². The van der Waals surface area contributed by atoms with Gasteiger partial charge in [0.15, 0.2) is 0 Å². The Kier molecular flexibility index (Phi) is 3.47. The molecule has 5 nitrogen and oxygen atoms in total. The van der Waals surface area contributed by atoms with Gasteiger partial charge in [0.1, 0.15) is 11.3 Å². The van der Waals surface area contributed by atoms with Crippen LogP contribution in [-0.2, 0) is 0 Å². The molecule has 0 radical (unpaired) electrons. The standard InChI is InChI=1S/C10H16N2O3/c1-4-10(3,14)6-11-9(13)8-5-12-15-7(8)2/h5,14H,4,6H2,1-3H3,(H,11,13). The second-order valence-corrected chi connectivity index (χ2v) is 3.83. The molecule has 0 spiro atoms. The summed E-state index contributed by atoms with van der Waals surface area (Å²) in [7, 11) is 0. The van der Waals surface area contributed by atoms with Crippen molar-refractivity contribution >= 4 is 5.91 Å². The van der Waals surface area contributed by atoms with Gasteiger partial charge in [-0.05, 0) is 20.3 Å². The van der Waals surface area contributed by atoms with E-state index in [1.165, 1.54) is 6.20 Å². The summed E-state index contributed by atoms with van der Waals surface area (Å²) in [4.78, 5) is 11.6. The third-order valence-corrected chi connectivity index (χ3v) is 2.39. The smallest absolute Gasteiger partial charge is 0.256 e. The number of hydrogen-bond acceptors (Lipinski definition) is 4. The number of nitrogens with one attached hydrogen (secondary N) is 1. The number of carbonyl (C=O) groups is 1. The van der Waals surface area contributed by atoms with Gasteiger partial charge in [-0.15, -0.1) is 0 Å². The summed E-state index contributed by atoms with van der Waals surface area (Å²) in [6.07, 6.45) is 1.95. The third-order valence-electron chi connectivity index (χ3n) is 2.39. The van der Waals surface area contributed by atoms with Crippen LogP contribution in [0.4, 0.5) is 0 Å². The lowest BCUT2D eigenvalue weighted by atomic mass is 10.0. The minimum Gasteiger partial charge on any atom is -0.388 e. The van der Waals surface area contributed by atoms with Gasteiger partial charge in [-0.1, -0.05) is 12.1 Å². The second-order valence-electron chi connectivity index (χ2n) is 3.83. The molecule has 0 aliphatic heterocycles. The highest BCUT2D eigenvalue weighted by molar-refractivity contribution is 5.94. The third kappa shape index (κ3) is 3.06. The average molecular weight is 212 g/mol. The first-order valence-electron chi connectivity index (χ1n) is 4.88. The Morgan fingerprint density at radius 1 is 1.73 bits per heavy atom. The molecule has 1 aromatic rings. The Morgan fingerprint density at radius 2 is 2.40 bits per heavy atom. The molecule has 0 bridgehead atoms. The zero-order valence-electron chi connectivity index (χ0n) is 9.20. The van der Waals surface area contributed by atoms with Gasteiger partial charge in [-0.25, -0.2) is 0 Å². The Morgan fingerprint density at radius 3 is 2.87 bits per heavy atom. The van der Waals surface area contributed by atoms with Crippen molar-refractivity contribution in [2.75, 3.05) is 6.54 Å². The fourth-order valence-electron chi connectivity index (χ4n) is 1.01. The number of carbonyl (C=O) groups excluding carboxylic acids is 1. The first kappa shape index (κ1) is 11.7. The Labute approximate surface area is 88.5 Å². The van der Waals surface area contributed by atoms with Gasteiger partial charge in [0.2, 0.25) is 0 Å². The van der Waals surface area contributed by atoms with Crippen molar-refractivity contribution < 1.29 is 14.4 Å². The van der Waals surface area contributed by atoms with Crippen molar-refractivity contribution in [2.45, 2.75) is 32.8 Å². The van der Waals surface area contributed by atoms with Crippen LogP contribution in [0.5, 0.6) is 0 Å². The molecule has 1 unspecified atom stereocenters. The van der Waals surface area contributed by atoms with Gasteiger partial charge < -0.3 is 14.9 Å². The second kappa shape index (κ2) is 4.44. The molecule has 1 heterocycles. The molecule has 0 saturated carbocycles. The van der Waals surface area contributed by atoms with E-state index in [-0.39, 0.29) is 12.5 Å². The summed E-state index contributed by atoms with van der Waals surface area (Å²) < 4.78 is 4.77. The first-order chi connectivity index (χ1) is 6.96. The number of nitrogens with zero attached hydrogens (tertiary/aromatic N) is 1. The normalized spacial score (nSPS) is 14.7. The zero-order valence-corrected chi connectivity index (χ0v) is 9.20. The predicted octanol–water partition coefficient (Wildman–Crippen LogP) is 0.874. The van der Waals surface area contributed by atoms with Gasteiger partial charge >= 0.3 is 0 Å². The molecule has 15 heavy (non-hydrogen) atoms. The monoisotopic (exact) mass is 212 g/mol. The molecular weight excluding hydrogens is 196 g/mol. The predicted molar refractivity (Wildman–Crippen MR) is 54.5 cm³/mol. The van der Waals surface area contributed by atoms with E-state index in [1.807, 2.05) is 6.92 Å². The SMILES string of the molecule is CCC(C)(O)CNC(=O)c1cnoc1C. The van der Waals surface area contributed by atoms with Crippen LogP contribution in [0.1, 0.15) is 36.4 Å². The maximum Gasteiger partial charge on any atom is 0.256 e. The van der Waals surface area contributed by atoms with E-state index in [4.69, 9.17) is 4.52 Å². The van der Waals surface area contributed by atoms with E-state index in [0.29, 0.717) is 17.7 Å². The number of hydrogen-bond donors (Lipinski definition) is 2. The van der Waals surface area contributed by atoms with E-state index in [1.54, 1.807) is 13.8 Å². The molecule has 1 aromatic heterocycles. The van der Waals surface area contributed by atoms with Crippen LogP contribution in [-0.4, -0.2) is 28.3 Å². The molecule has 1 rings (SSSR count). The van der Waals surface area contributed by atoms with Crippen molar-refractivity contribution in [3.63, 3.8) is 0 Å². The Balaban J connectivity index is 2.55. The van der Waals surface area contributed by atoms with Gasteiger partial charge in [0.25, 0.3) is 5.91 Å². The fourth-order valence-corrected chi connectivity index (χ4v) is 1.01. The maximum atomic E-state index is 11.6. The molecule has 0 fully saturated rings. The highest BCUT2D eigenvalue weighted by atomic mass is 16.5. The van der Waals surface area contributed by atoms with Crippen LogP contribution in [0.15, 0.2) is 10.7 Å². The molecule has 0 saturated heterocycles. The fraction of sp³-hybridized carbons (Fsp3) is 0.600. The van der Waals surface area contributed by atoms with E-state index < -0.39 is 5.60 Å². The van der Waals surface area contributed by atoms with E-state index in [9.17, 15) is 9.90 Å². The van der Waals surface area contributed by atoms with Crippen molar-refractivity contribution in [3.8, 4) is 0 Å². The van der Waals surface area contributed by atoms with Crippen molar-refractivity contribution in [2.24, 2.45) is 0 Å². The summed E-state index contributed by atoms with van der Waals surface area (Å²) in [6.45, 7) is 5.41. The summed E-state index contributed by atoms with van der Waals surface area (Å²) in [5.74, 6) is 0.200. The number of amides is 1. The van der Waals surface area contributed by atoms with Crippen LogP contribution >= 0.6 is 0 Å². The van der Waals surface area contributed by atoms with Gasteiger partial charge in [0.05, 0.1) is 11.8 Å². The summed E-state index contributed by atoms with van der Waals surface area (Å²) in [5.41, 5.74) is -0.470. The zero-order chi connectivity index (χ0) is 11.5. The van der Waals surface area contributed by atoms with E-state index in [2.05, 4.69) is 10.5 Å². The summed E-state index contributed by atoms with van der Waals surface area (Å²) in [5, 5.41) is 15.8. The number of rotatable bonds is 4. The van der Waals surface area contributed by atoms with Crippen LogP contribution in [0.2, 0.25) is 0 Å². The van der Waals surface area contributed by atoms with Crippen molar-refractivity contribution in [1.82, 2.24) is 10.5 Å². The van der Waals surface area contributed by atoms with Crippen LogP contribution in [0, 0.1) is 6.92 Å². The summed E-state index contributed by atoms with van der Waals surface area (Å²) >= 11 is 0. The molecule has 84 valence electrons. The Hall–Kier alpha value is -1.36. The van der Waals surface area contributed by atoms with Crippen LogP contribution in [0.25, 0.3) is 0 Å². The van der Waals surface area contributed by atoms with Crippen molar-refractivity contribution in [3.05, 3.63) is 17.5 Å².